The molecule has 0 spiro atoms. The SMILES string of the molecule is Cc1cc(C)c(CNC(=O)c2cc(C3=CC(C)(C)NC(C)(C)C3)nc(NCCO)c2C=N)c(=O)[nH]1. The number of hydrogen-bond donors (Lipinski definition) is 6. The number of aliphatic hydroxyl groups is 1. The van der Waals surface area contributed by atoms with Crippen LogP contribution in [-0.4, -0.2) is 51.4 Å². The Kier molecular flexibility index (Phi) is 7.62. The fourth-order valence-electron chi connectivity index (χ4n) is 4.81. The number of carbonyl (C=O) groups excluding carboxylic acids is 1. The first-order chi connectivity index (χ1) is 16.4. The summed E-state index contributed by atoms with van der Waals surface area (Å²) in [6, 6.07) is 3.57. The van der Waals surface area contributed by atoms with Crippen molar-refractivity contribution in [1.29, 1.82) is 5.41 Å². The molecule has 0 unspecified atom stereocenters. The maximum Gasteiger partial charge on any atom is 0.253 e. The van der Waals surface area contributed by atoms with Crippen LogP contribution >= 0.6 is 0 Å². The first kappa shape index (κ1) is 26.3. The minimum atomic E-state index is -0.411. The molecule has 0 saturated heterocycles. The van der Waals surface area contributed by atoms with Gasteiger partial charge in [-0.2, -0.15) is 0 Å². The van der Waals surface area contributed by atoms with E-state index in [2.05, 4.69) is 54.7 Å². The van der Waals surface area contributed by atoms with Gasteiger partial charge in [-0.05, 0) is 71.2 Å². The summed E-state index contributed by atoms with van der Waals surface area (Å²) in [7, 11) is 0. The monoisotopic (exact) mass is 480 g/mol. The molecule has 35 heavy (non-hydrogen) atoms. The number of H-pyrrole nitrogens is 1. The van der Waals surface area contributed by atoms with Crippen LogP contribution in [0, 0.1) is 19.3 Å². The first-order valence-electron chi connectivity index (χ1n) is 11.7. The van der Waals surface area contributed by atoms with Crippen LogP contribution in [0.5, 0.6) is 0 Å². The summed E-state index contributed by atoms with van der Waals surface area (Å²) >= 11 is 0. The van der Waals surface area contributed by atoms with E-state index in [1.165, 1.54) is 0 Å². The molecule has 0 radical (unpaired) electrons. The maximum absolute atomic E-state index is 13.3. The zero-order chi connectivity index (χ0) is 26.0. The normalized spacial score (nSPS) is 16.4. The Bertz CT molecular complexity index is 1230. The van der Waals surface area contributed by atoms with Gasteiger partial charge in [0.2, 0.25) is 0 Å². The number of anilines is 1. The molecule has 0 saturated carbocycles. The molecule has 0 bridgehead atoms. The van der Waals surface area contributed by atoms with Crippen molar-refractivity contribution in [1.82, 2.24) is 20.6 Å². The Morgan fingerprint density at radius 1 is 1.26 bits per heavy atom. The van der Waals surface area contributed by atoms with Crippen molar-refractivity contribution in [3.8, 4) is 0 Å². The Labute approximate surface area is 206 Å². The lowest BCUT2D eigenvalue weighted by molar-refractivity contribution is 0.0950. The Hall–Kier alpha value is -3.30. The number of hydrogen-bond acceptors (Lipinski definition) is 7. The topological polar surface area (TPSA) is 143 Å². The van der Waals surface area contributed by atoms with E-state index in [1.807, 2.05) is 19.9 Å². The molecular formula is C26H36N6O3. The van der Waals surface area contributed by atoms with Crippen LogP contribution in [0.2, 0.25) is 0 Å². The Morgan fingerprint density at radius 2 is 1.97 bits per heavy atom. The zero-order valence-corrected chi connectivity index (χ0v) is 21.3. The fourth-order valence-corrected chi connectivity index (χ4v) is 4.81. The van der Waals surface area contributed by atoms with Crippen molar-refractivity contribution in [2.24, 2.45) is 0 Å². The van der Waals surface area contributed by atoms with Gasteiger partial charge in [0.1, 0.15) is 5.82 Å². The highest BCUT2D eigenvalue weighted by Crippen LogP contribution is 2.34. The molecule has 1 amide bonds. The van der Waals surface area contributed by atoms with Gasteiger partial charge in [-0.15, -0.1) is 0 Å². The molecule has 0 aromatic carbocycles. The van der Waals surface area contributed by atoms with E-state index in [1.54, 1.807) is 6.07 Å². The highest BCUT2D eigenvalue weighted by molar-refractivity contribution is 6.05. The highest BCUT2D eigenvalue weighted by Gasteiger charge is 2.33. The number of nitrogens with one attached hydrogen (secondary N) is 5. The van der Waals surface area contributed by atoms with Crippen molar-refractivity contribution in [2.45, 2.75) is 65.6 Å². The van der Waals surface area contributed by atoms with Gasteiger partial charge in [-0.3, -0.25) is 9.59 Å². The summed E-state index contributed by atoms with van der Waals surface area (Å²) in [6.45, 7) is 12.2. The predicted molar refractivity (Wildman–Crippen MR) is 139 cm³/mol. The number of aromatic amines is 1. The van der Waals surface area contributed by atoms with Crippen LogP contribution in [0.25, 0.3) is 5.57 Å². The number of pyridine rings is 2. The molecule has 9 heteroatoms. The van der Waals surface area contributed by atoms with Crippen LogP contribution in [0.3, 0.4) is 0 Å². The lowest BCUT2D eigenvalue weighted by Crippen LogP contribution is -2.53. The molecule has 6 N–H and O–H groups in total. The molecule has 3 rings (SSSR count). The summed E-state index contributed by atoms with van der Waals surface area (Å²) < 4.78 is 0. The lowest BCUT2D eigenvalue weighted by Gasteiger charge is -2.41. The summed E-state index contributed by atoms with van der Waals surface area (Å²) in [5, 5.41) is 26.8. The molecule has 3 heterocycles. The largest absolute Gasteiger partial charge is 0.395 e. The third-order valence-corrected chi connectivity index (χ3v) is 5.93. The van der Waals surface area contributed by atoms with E-state index in [9.17, 15) is 14.7 Å². The van der Waals surface area contributed by atoms with E-state index in [4.69, 9.17) is 10.4 Å². The number of nitrogens with zero attached hydrogens (tertiary/aromatic N) is 1. The summed E-state index contributed by atoms with van der Waals surface area (Å²) in [5.74, 6) is -0.0530. The molecular weight excluding hydrogens is 444 g/mol. The van der Waals surface area contributed by atoms with Crippen LogP contribution in [0.15, 0.2) is 23.0 Å². The van der Waals surface area contributed by atoms with E-state index < -0.39 is 5.91 Å². The predicted octanol–water partition coefficient (Wildman–Crippen LogP) is 2.65. The second-order valence-electron chi connectivity index (χ2n) is 10.3. The Morgan fingerprint density at radius 3 is 2.57 bits per heavy atom. The number of rotatable bonds is 8. The lowest BCUT2D eigenvalue weighted by atomic mass is 9.82. The average molecular weight is 481 g/mol. The number of carbonyl (C=O) groups is 1. The molecule has 188 valence electrons. The third kappa shape index (κ3) is 6.23. The second kappa shape index (κ2) is 10.1. The summed E-state index contributed by atoms with van der Waals surface area (Å²) in [4.78, 5) is 33.2. The van der Waals surface area contributed by atoms with Crippen LogP contribution in [0.4, 0.5) is 5.82 Å². The zero-order valence-electron chi connectivity index (χ0n) is 21.3. The number of aliphatic hydroxyl groups excluding tert-OH is 1. The number of aryl methyl sites for hydroxylation is 2. The van der Waals surface area contributed by atoms with E-state index in [0.29, 0.717) is 29.1 Å². The number of aromatic nitrogens is 2. The fraction of sp³-hybridized carbons (Fsp3) is 0.462. The van der Waals surface area contributed by atoms with Crippen LogP contribution < -0.4 is 21.5 Å². The van der Waals surface area contributed by atoms with Crippen molar-refractivity contribution in [3.05, 3.63) is 62.2 Å². The van der Waals surface area contributed by atoms with Gasteiger partial charge in [0.25, 0.3) is 11.5 Å². The van der Waals surface area contributed by atoms with Gasteiger partial charge in [-0.25, -0.2) is 4.98 Å². The maximum atomic E-state index is 13.3. The van der Waals surface area contributed by atoms with Gasteiger partial charge in [-0.1, -0.05) is 6.08 Å². The minimum Gasteiger partial charge on any atom is -0.395 e. The Balaban J connectivity index is 2.04. The van der Waals surface area contributed by atoms with E-state index in [0.717, 1.165) is 23.0 Å². The van der Waals surface area contributed by atoms with Crippen molar-refractivity contribution in [2.75, 3.05) is 18.5 Å². The van der Waals surface area contributed by atoms with Crippen molar-refractivity contribution < 1.29 is 9.90 Å². The quantitative estimate of drug-likeness (QED) is 0.321. The number of amides is 1. The summed E-state index contributed by atoms with van der Waals surface area (Å²) in [5.41, 5.74) is 3.57. The molecule has 9 nitrogen and oxygen atoms in total. The smallest absolute Gasteiger partial charge is 0.253 e. The van der Waals surface area contributed by atoms with Gasteiger partial charge in [0.15, 0.2) is 0 Å². The highest BCUT2D eigenvalue weighted by atomic mass is 16.3. The molecule has 0 aliphatic carbocycles. The van der Waals surface area contributed by atoms with E-state index >= 15 is 0 Å². The minimum absolute atomic E-state index is 0.0570. The standard InChI is InChI=1S/C26H36N6O3/c1-15-9-16(2)30-24(35)20(15)14-29-23(34)18-10-21(31-22(19(18)13-27)28-7-8-33)17-11-25(3,4)32-26(5,6)12-17/h9-11,13,27,32-33H,7-8,12,14H2,1-6H3,(H,28,31)(H,29,34)(H,30,35). The van der Waals surface area contributed by atoms with E-state index in [-0.39, 0.29) is 41.9 Å². The van der Waals surface area contributed by atoms with Gasteiger partial charge < -0.3 is 31.5 Å². The van der Waals surface area contributed by atoms with Gasteiger partial charge in [0, 0.05) is 47.2 Å². The average Bonchev–Trinajstić information content (AvgIpc) is 2.73. The molecule has 0 atom stereocenters. The molecule has 0 fully saturated rings. The van der Waals surface area contributed by atoms with Gasteiger partial charge >= 0.3 is 0 Å². The molecule has 2 aromatic rings. The second-order valence-corrected chi connectivity index (χ2v) is 10.3. The third-order valence-electron chi connectivity index (χ3n) is 5.93. The molecule has 1 aliphatic rings. The first-order valence-corrected chi connectivity index (χ1v) is 11.7. The summed E-state index contributed by atoms with van der Waals surface area (Å²) in [6.07, 6.45) is 3.89. The molecule has 2 aromatic heterocycles. The van der Waals surface area contributed by atoms with Crippen molar-refractivity contribution >= 4 is 23.5 Å². The van der Waals surface area contributed by atoms with Crippen LogP contribution in [0.1, 0.15) is 72.6 Å². The molecule has 1 aliphatic heterocycles. The van der Waals surface area contributed by atoms with Crippen LogP contribution in [-0.2, 0) is 6.54 Å². The van der Waals surface area contributed by atoms with Gasteiger partial charge in [0.05, 0.1) is 17.9 Å². The van der Waals surface area contributed by atoms with Crippen molar-refractivity contribution in [3.63, 3.8) is 0 Å².